The van der Waals surface area contributed by atoms with E-state index in [0.29, 0.717) is 5.56 Å². The fourth-order valence-corrected chi connectivity index (χ4v) is 1.68. The van der Waals surface area contributed by atoms with E-state index in [4.69, 9.17) is 10.8 Å². The van der Waals surface area contributed by atoms with Gasteiger partial charge in [0.05, 0.1) is 0 Å². The number of carbonyl (C=O) groups excluding carboxylic acids is 2. The summed E-state index contributed by atoms with van der Waals surface area (Å²) in [5, 5.41) is 13.9. The Bertz CT molecular complexity index is 490. The molecule has 0 saturated carbocycles. The van der Waals surface area contributed by atoms with Crippen LogP contribution in [0, 0.1) is 0 Å². The molecule has 20 heavy (non-hydrogen) atoms. The molecule has 1 aromatic rings. The number of carboxylic acid groups (broad SMARTS) is 1. The molecule has 3 amide bonds. The highest BCUT2D eigenvalue weighted by Crippen LogP contribution is 2.12. The minimum absolute atomic E-state index is 0.0174. The van der Waals surface area contributed by atoms with Gasteiger partial charge in [-0.25, -0.2) is 9.59 Å². The second-order valence-corrected chi connectivity index (χ2v) is 4.37. The van der Waals surface area contributed by atoms with E-state index in [1.807, 2.05) is 0 Å². The van der Waals surface area contributed by atoms with Crippen molar-refractivity contribution in [2.24, 2.45) is 5.73 Å². The normalized spacial score (nSPS) is 13.1. The summed E-state index contributed by atoms with van der Waals surface area (Å²) in [6, 6.07) is 6.01. The molecule has 0 saturated heterocycles. The van der Waals surface area contributed by atoms with Crippen molar-refractivity contribution in [1.29, 1.82) is 0 Å². The number of aliphatic carboxylic acids is 1. The summed E-state index contributed by atoms with van der Waals surface area (Å²) < 4.78 is 0. The van der Waals surface area contributed by atoms with Crippen molar-refractivity contribution in [3.63, 3.8) is 0 Å². The molecule has 2 atom stereocenters. The third-order valence-corrected chi connectivity index (χ3v) is 2.54. The van der Waals surface area contributed by atoms with Crippen molar-refractivity contribution < 1.29 is 19.5 Å². The first-order chi connectivity index (χ1) is 9.40. The summed E-state index contributed by atoms with van der Waals surface area (Å²) in [5.74, 6) is -1.72. The predicted molar refractivity (Wildman–Crippen MR) is 71.8 cm³/mol. The fourth-order valence-electron chi connectivity index (χ4n) is 1.68. The lowest BCUT2D eigenvalue weighted by Gasteiger charge is -2.18. The van der Waals surface area contributed by atoms with Gasteiger partial charge in [-0.1, -0.05) is 30.3 Å². The highest BCUT2D eigenvalue weighted by atomic mass is 16.4. The molecule has 0 aliphatic rings. The van der Waals surface area contributed by atoms with E-state index < -0.39 is 30.0 Å². The van der Waals surface area contributed by atoms with E-state index >= 15 is 0 Å². The lowest BCUT2D eigenvalue weighted by atomic mass is 10.1. The summed E-state index contributed by atoms with van der Waals surface area (Å²) in [4.78, 5) is 33.6. The van der Waals surface area contributed by atoms with Gasteiger partial charge in [0, 0.05) is 12.5 Å². The van der Waals surface area contributed by atoms with E-state index in [1.165, 1.54) is 0 Å². The lowest BCUT2D eigenvalue weighted by Crippen LogP contribution is -2.45. The molecule has 0 heterocycles. The molecule has 0 fully saturated rings. The predicted octanol–water partition coefficient (Wildman–Crippen LogP) is 0.375. The summed E-state index contributed by atoms with van der Waals surface area (Å²) in [6.07, 6.45) is -0.0174. The Hall–Kier alpha value is -2.57. The van der Waals surface area contributed by atoms with Crippen LogP contribution in [0.5, 0.6) is 0 Å². The van der Waals surface area contributed by atoms with E-state index in [9.17, 15) is 14.4 Å². The van der Waals surface area contributed by atoms with Gasteiger partial charge >= 0.3 is 12.0 Å². The Morgan fingerprint density at radius 3 is 2.30 bits per heavy atom. The molecule has 1 aromatic carbocycles. The zero-order valence-corrected chi connectivity index (χ0v) is 11.0. The van der Waals surface area contributed by atoms with Crippen molar-refractivity contribution in [1.82, 2.24) is 10.6 Å². The number of benzene rings is 1. The molecule has 0 aromatic heterocycles. The third kappa shape index (κ3) is 4.97. The smallest absolute Gasteiger partial charge is 0.330 e. The topological polar surface area (TPSA) is 122 Å². The van der Waals surface area contributed by atoms with E-state index in [0.717, 1.165) is 0 Å². The molecule has 2 unspecified atom stereocenters. The first-order valence-corrected chi connectivity index (χ1v) is 6.03. The maximum absolute atomic E-state index is 11.7. The largest absolute Gasteiger partial charge is 0.479 e. The van der Waals surface area contributed by atoms with Crippen LogP contribution in [0.4, 0.5) is 4.79 Å². The molecule has 5 N–H and O–H groups in total. The Morgan fingerprint density at radius 2 is 1.80 bits per heavy atom. The zero-order chi connectivity index (χ0) is 15.1. The number of hydrogen-bond donors (Lipinski definition) is 4. The number of nitrogens with two attached hydrogens (primary N) is 1. The fraction of sp³-hybridized carbons (Fsp3) is 0.308. The zero-order valence-electron chi connectivity index (χ0n) is 11.0. The molecule has 0 aliphatic carbocycles. The van der Waals surface area contributed by atoms with Crippen LogP contribution in [0.3, 0.4) is 0 Å². The van der Waals surface area contributed by atoms with Gasteiger partial charge in [-0.15, -0.1) is 0 Å². The van der Waals surface area contributed by atoms with Gasteiger partial charge in [0.15, 0.2) is 6.04 Å². The Morgan fingerprint density at radius 1 is 1.20 bits per heavy atom. The molecule has 0 radical (unpaired) electrons. The number of rotatable bonds is 6. The van der Waals surface area contributed by atoms with Gasteiger partial charge < -0.3 is 21.5 Å². The molecule has 0 bridgehead atoms. The molecule has 0 aliphatic heterocycles. The number of carbonyl (C=O) groups is 3. The maximum atomic E-state index is 11.7. The monoisotopic (exact) mass is 279 g/mol. The summed E-state index contributed by atoms with van der Waals surface area (Å²) in [7, 11) is 0. The van der Waals surface area contributed by atoms with E-state index in [1.54, 1.807) is 37.3 Å². The van der Waals surface area contributed by atoms with Crippen LogP contribution in [0.15, 0.2) is 30.3 Å². The number of urea groups is 1. The van der Waals surface area contributed by atoms with Crippen molar-refractivity contribution in [3.05, 3.63) is 35.9 Å². The molecule has 7 heteroatoms. The van der Waals surface area contributed by atoms with Gasteiger partial charge in [-0.3, -0.25) is 4.79 Å². The van der Waals surface area contributed by atoms with E-state index in [-0.39, 0.29) is 6.42 Å². The van der Waals surface area contributed by atoms with Gasteiger partial charge in [-0.05, 0) is 12.5 Å². The Balaban J connectivity index is 2.65. The third-order valence-electron chi connectivity index (χ3n) is 2.54. The van der Waals surface area contributed by atoms with E-state index in [2.05, 4.69) is 10.6 Å². The van der Waals surface area contributed by atoms with Crippen molar-refractivity contribution in [3.8, 4) is 0 Å². The average molecular weight is 279 g/mol. The molecule has 7 nitrogen and oxygen atoms in total. The first kappa shape index (κ1) is 15.5. The first-order valence-electron chi connectivity index (χ1n) is 6.03. The van der Waals surface area contributed by atoms with Crippen LogP contribution < -0.4 is 16.4 Å². The number of nitrogens with one attached hydrogen (secondary N) is 2. The van der Waals surface area contributed by atoms with Crippen molar-refractivity contribution in [2.45, 2.75) is 25.4 Å². The second-order valence-electron chi connectivity index (χ2n) is 4.37. The van der Waals surface area contributed by atoms with Crippen LogP contribution in [-0.4, -0.2) is 29.1 Å². The van der Waals surface area contributed by atoms with Gasteiger partial charge in [0.2, 0.25) is 5.91 Å². The molecular formula is C13H17N3O4. The average Bonchev–Trinajstić information content (AvgIpc) is 2.35. The number of primary amides is 1. The van der Waals surface area contributed by atoms with Crippen LogP contribution in [0.1, 0.15) is 24.9 Å². The number of amides is 3. The molecule has 1 rings (SSSR count). The van der Waals surface area contributed by atoms with Crippen LogP contribution in [0.25, 0.3) is 0 Å². The van der Waals surface area contributed by atoms with Crippen LogP contribution in [-0.2, 0) is 9.59 Å². The van der Waals surface area contributed by atoms with Gasteiger partial charge in [-0.2, -0.15) is 0 Å². The summed E-state index contributed by atoms with van der Waals surface area (Å²) in [5.41, 5.74) is 5.46. The van der Waals surface area contributed by atoms with Gasteiger partial charge in [0.1, 0.15) is 0 Å². The van der Waals surface area contributed by atoms with Crippen molar-refractivity contribution >= 4 is 17.9 Å². The van der Waals surface area contributed by atoms with Crippen LogP contribution >= 0.6 is 0 Å². The minimum atomic E-state index is -1.17. The summed E-state index contributed by atoms with van der Waals surface area (Å²) >= 11 is 0. The van der Waals surface area contributed by atoms with Crippen LogP contribution in [0.2, 0.25) is 0 Å². The molecule has 108 valence electrons. The Kier molecular flexibility index (Phi) is 5.52. The lowest BCUT2D eigenvalue weighted by molar-refractivity contribution is -0.139. The number of carboxylic acids is 1. The quantitative estimate of drug-likeness (QED) is 0.601. The molecule has 0 spiro atoms. The molecular weight excluding hydrogens is 262 g/mol. The second kappa shape index (κ2) is 7.13. The van der Waals surface area contributed by atoms with Crippen molar-refractivity contribution in [2.75, 3.05) is 0 Å². The standard InChI is InChI=1S/C13H17N3O4/c1-8(7-10(14)17)15-13(20)16-11(12(18)19)9-5-3-2-4-6-9/h2-6,8,11H,7H2,1H3,(H2,14,17)(H,18,19)(H2,15,16,20). The summed E-state index contributed by atoms with van der Waals surface area (Å²) in [6.45, 7) is 1.60. The SMILES string of the molecule is CC(CC(N)=O)NC(=O)NC(C(=O)O)c1ccccc1. The minimum Gasteiger partial charge on any atom is -0.479 e. The van der Waals surface area contributed by atoms with Gasteiger partial charge in [0.25, 0.3) is 0 Å². The number of hydrogen-bond acceptors (Lipinski definition) is 3. The highest BCUT2D eigenvalue weighted by molar-refractivity contribution is 5.84. The Labute approximate surface area is 116 Å². The highest BCUT2D eigenvalue weighted by Gasteiger charge is 2.22. The maximum Gasteiger partial charge on any atom is 0.330 e.